The van der Waals surface area contributed by atoms with Gasteiger partial charge in [-0.2, -0.15) is 10.2 Å². The summed E-state index contributed by atoms with van der Waals surface area (Å²) < 4.78 is 1.83. The van der Waals surface area contributed by atoms with Crippen molar-refractivity contribution >= 4 is 16.6 Å². The molecule has 4 rings (SSSR count). The lowest BCUT2D eigenvalue weighted by molar-refractivity contribution is 0.880. The zero-order chi connectivity index (χ0) is 14.2. The first-order valence-corrected chi connectivity index (χ1v) is 6.66. The van der Waals surface area contributed by atoms with Crippen molar-refractivity contribution in [3.05, 3.63) is 60.9 Å². The number of benzene rings is 2. The van der Waals surface area contributed by atoms with E-state index in [1.54, 1.807) is 6.20 Å². The van der Waals surface area contributed by atoms with E-state index >= 15 is 0 Å². The molecule has 2 aromatic heterocycles. The van der Waals surface area contributed by atoms with Crippen LogP contribution in [0.4, 0.5) is 5.69 Å². The van der Waals surface area contributed by atoms with Crippen LogP contribution in [0.15, 0.2) is 60.9 Å². The van der Waals surface area contributed by atoms with Crippen LogP contribution in [0.25, 0.3) is 27.8 Å². The molecule has 0 unspecified atom stereocenters. The lowest BCUT2D eigenvalue weighted by atomic mass is 10.1. The van der Waals surface area contributed by atoms with E-state index in [0.29, 0.717) is 5.69 Å². The predicted octanol–water partition coefficient (Wildman–Crippen LogP) is 3.00. The highest BCUT2D eigenvalue weighted by Crippen LogP contribution is 2.30. The van der Waals surface area contributed by atoms with Crippen molar-refractivity contribution in [2.24, 2.45) is 0 Å². The lowest BCUT2D eigenvalue weighted by Crippen LogP contribution is -1.92. The number of aromatic nitrogens is 4. The Morgan fingerprint density at radius 1 is 1.00 bits per heavy atom. The molecule has 2 aromatic carbocycles. The summed E-state index contributed by atoms with van der Waals surface area (Å²) in [6, 6.07) is 15.7. The summed E-state index contributed by atoms with van der Waals surface area (Å²) >= 11 is 0. The van der Waals surface area contributed by atoms with E-state index in [0.717, 1.165) is 27.8 Å². The van der Waals surface area contributed by atoms with Crippen LogP contribution in [0, 0.1) is 0 Å². The number of nitrogen functional groups attached to an aromatic ring is 1. The highest BCUT2D eigenvalue weighted by molar-refractivity contribution is 6.00. The molecule has 21 heavy (non-hydrogen) atoms. The third kappa shape index (κ3) is 1.87. The fraction of sp³-hybridized carbons (Fsp3) is 0. The van der Waals surface area contributed by atoms with Crippen LogP contribution in [0.2, 0.25) is 0 Å². The van der Waals surface area contributed by atoms with Crippen molar-refractivity contribution in [3.8, 4) is 16.9 Å². The molecule has 2 heterocycles. The van der Waals surface area contributed by atoms with E-state index in [4.69, 9.17) is 5.73 Å². The maximum atomic E-state index is 6.07. The number of para-hydroxylation sites is 1. The Bertz CT molecular complexity index is 905. The second-order valence-electron chi connectivity index (χ2n) is 4.85. The second kappa shape index (κ2) is 4.49. The zero-order valence-corrected chi connectivity index (χ0v) is 11.2. The number of hydrogen-bond acceptors (Lipinski definition) is 3. The molecule has 5 nitrogen and oxygen atoms in total. The van der Waals surface area contributed by atoms with Gasteiger partial charge in [-0.1, -0.05) is 24.3 Å². The zero-order valence-electron chi connectivity index (χ0n) is 11.2. The average molecular weight is 275 g/mol. The Balaban J connectivity index is 1.85. The van der Waals surface area contributed by atoms with Gasteiger partial charge in [-0.3, -0.25) is 5.10 Å². The normalized spacial score (nSPS) is 11.0. The summed E-state index contributed by atoms with van der Waals surface area (Å²) in [5.74, 6) is 0. The Hall–Kier alpha value is -3.08. The molecular weight excluding hydrogens is 262 g/mol. The Labute approximate surface area is 121 Å². The molecule has 0 aliphatic rings. The first kappa shape index (κ1) is 11.7. The molecule has 0 atom stereocenters. The number of nitrogens with zero attached hydrogens (tertiary/aromatic N) is 3. The molecule has 0 spiro atoms. The number of rotatable bonds is 2. The Kier molecular flexibility index (Phi) is 2.50. The van der Waals surface area contributed by atoms with Crippen molar-refractivity contribution in [1.82, 2.24) is 20.0 Å². The molecule has 102 valence electrons. The summed E-state index contributed by atoms with van der Waals surface area (Å²) in [5, 5.41) is 12.7. The smallest absolute Gasteiger partial charge is 0.105 e. The van der Waals surface area contributed by atoms with Gasteiger partial charge in [0.1, 0.15) is 5.69 Å². The number of hydrogen-bond donors (Lipinski definition) is 2. The molecule has 0 saturated carbocycles. The fourth-order valence-electron chi connectivity index (χ4n) is 2.48. The molecule has 0 aliphatic heterocycles. The van der Waals surface area contributed by atoms with Crippen LogP contribution < -0.4 is 5.73 Å². The standard InChI is InChI=1S/C16H13N5/c17-13-7-4-8-14-15(13)16(20-19-14)11-9-18-21(10-11)12-5-2-1-3-6-12/h1-10H,17H2,(H,19,20). The third-order valence-corrected chi connectivity index (χ3v) is 3.50. The van der Waals surface area contributed by atoms with E-state index < -0.39 is 0 Å². The molecular formula is C16H13N5. The van der Waals surface area contributed by atoms with Crippen molar-refractivity contribution in [2.75, 3.05) is 5.73 Å². The Morgan fingerprint density at radius 2 is 1.86 bits per heavy atom. The van der Waals surface area contributed by atoms with Gasteiger partial charge in [0, 0.05) is 17.4 Å². The van der Waals surface area contributed by atoms with E-state index in [1.165, 1.54) is 0 Å². The first-order valence-electron chi connectivity index (χ1n) is 6.66. The van der Waals surface area contributed by atoms with Crippen LogP contribution in [0.1, 0.15) is 0 Å². The highest BCUT2D eigenvalue weighted by atomic mass is 15.3. The van der Waals surface area contributed by atoms with Crippen LogP contribution in [-0.2, 0) is 0 Å². The SMILES string of the molecule is Nc1cccc2[nH]nc(-c3cnn(-c4ccccc4)c3)c12. The van der Waals surface area contributed by atoms with E-state index in [2.05, 4.69) is 15.3 Å². The molecule has 0 bridgehead atoms. The number of anilines is 1. The van der Waals surface area contributed by atoms with Gasteiger partial charge in [0.15, 0.2) is 0 Å². The van der Waals surface area contributed by atoms with Crippen LogP contribution in [0.5, 0.6) is 0 Å². The van der Waals surface area contributed by atoms with E-state index in [9.17, 15) is 0 Å². The summed E-state index contributed by atoms with van der Waals surface area (Å²) in [4.78, 5) is 0. The van der Waals surface area contributed by atoms with Gasteiger partial charge in [0.25, 0.3) is 0 Å². The van der Waals surface area contributed by atoms with Gasteiger partial charge in [0.05, 0.1) is 22.8 Å². The van der Waals surface area contributed by atoms with Crippen molar-refractivity contribution in [2.45, 2.75) is 0 Å². The largest absolute Gasteiger partial charge is 0.398 e. The molecule has 4 aromatic rings. The molecule has 0 aliphatic carbocycles. The maximum absolute atomic E-state index is 6.07. The van der Waals surface area contributed by atoms with Crippen molar-refractivity contribution < 1.29 is 0 Å². The van der Waals surface area contributed by atoms with Crippen molar-refractivity contribution in [3.63, 3.8) is 0 Å². The minimum absolute atomic E-state index is 0.712. The van der Waals surface area contributed by atoms with E-state index in [1.807, 2.05) is 59.4 Å². The lowest BCUT2D eigenvalue weighted by Gasteiger charge is -1.99. The summed E-state index contributed by atoms with van der Waals surface area (Å²) in [6.45, 7) is 0. The predicted molar refractivity (Wildman–Crippen MR) is 83.1 cm³/mol. The van der Waals surface area contributed by atoms with E-state index in [-0.39, 0.29) is 0 Å². The molecule has 5 heteroatoms. The van der Waals surface area contributed by atoms with Gasteiger partial charge in [-0.25, -0.2) is 4.68 Å². The fourth-order valence-corrected chi connectivity index (χ4v) is 2.48. The monoisotopic (exact) mass is 275 g/mol. The molecule has 0 saturated heterocycles. The summed E-state index contributed by atoms with van der Waals surface area (Å²) in [6.07, 6.45) is 3.76. The van der Waals surface area contributed by atoms with Gasteiger partial charge in [0.2, 0.25) is 0 Å². The van der Waals surface area contributed by atoms with Gasteiger partial charge in [-0.15, -0.1) is 0 Å². The third-order valence-electron chi connectivity index (χ3n) is 3.50. The number of aromatic amines is 1. The number of nitrogens with one attached hydrogen (secondary N) is 1. The Morgan fingerprint density at radius 3 is 2.71 bits per heavy atom. The molecule has 3 N–H and O–H groups in total. The van der Waals surface area contributed by atoms with Crippen LogP contribution >= 0.6 is 0 Å². The quantitative estimate of drug-likeness (QED) is 0.552. The highest BCUT2D eigenvalue weighted by Gasteiger charge is 2.12. The van der Waals surface area contributed by atoms with Crippen LogP contribution in [0.3, 0.4) is 0 Å². The first-order chi connectivity index (χ1) is 10.3. The molecule has 0 radical (unpaired) electrons. The van der Waals surface area contributed by atoms with Gasteiger partial charge >= 0.3 is 0 Å². The van der Waals surface area contributed by atoms with Gasteiger partial charge in [-0.05, 0) is 24.3 Å². The second-order valence-corrected chi connectivity index (χ2v) is 4.85. The van der Waals surface area contributed by atoms with Crippen molar-refractivity contribution in [1.29, 1.82) is 0 Å². The molecule has 0 fully saturated rings. The maximum Gasteiger partial charge on any atom is 0.105 e. The van der Waals surface area contributed by atoms with Crippen LogP contribution in [-0.4, -0.2) is 20.0 Å². The number of fused-ring (bicyclic) bond motifs is 1. The average Bonchev–Trinajstić information content (AvgIpc) is 3.15. The topological polar surface area (TPSA) is 72.5 Å². The minimum Gasteiger partial charge on any atom is -0.398 e. The summed E-state index contributed by atoms with van der Waals surface area (Å²) in [7, 11) is 0. The summed E-state index contributed by atoms with van der Waals surface area (Å²) in [5.41, 5.74) is 10.5. The molecule has 0 amide bonds. The number of nitrogens with two attached hydrogens (primary N) is 1. The minimum atomic E-state index is 0.712. The van der Waals surface area contributed by atoms with Gasteiger partial charge < -0.3 is 5.73 Å². The number of H-pyrrole nitrogens is 1.